The molecule has 0 spiro atoms. The molecule has 76 valence electrons. The Balaban J connectivity index is 2.70. The van der Waals surface area contributed by atoms with E-state index in [1.165, 1.54) is 0 Å². The topological polar surface area (TPSA) is 45.2 Å². The number of urea groups is 1. The van der Waals surface area contributed by atoms with Gasteiger partial charge in [-0.3, -0.25) is 4.98 Å². The molecule has 2 amide bonds. The summed E-state index contributed by atoms with van der Waals surface area (Å²) in [6, 6.07) is 1.62. The van der Waals surface area contributed by atoms with E-state index in [1.807, 2.05) is 6.92 Å². The van der Waals surface area contributed by atoms with E-state index in [-0.39, 0.29) is 6.03 Å². The van der Waals surface area contributed by atoms with Crippen LogP contribution in [-0.2, 0) is 0 Å². The minimum absolute atomic E-state index is 0.126. The zero-order chi connectivity index (χ0) is 10.6. The smallest absolute Gasteiger partial charge is 0.321 e. The molecule has 0 unspecified atom stereocenters. The number of pyridine rings is 1. The summed E-state index contributed by atoms with van der Waals surface area (Å²) in [6.45, 7) is 2.59. The van der Waals surface area contributed by atoms with E-state index in [2.05, 4.69) is 26.2 Å². The van der Waals surface area contributed by atoms with Crippen molar-refractivity contribution in [2.75, 3.05) is 18.9 Å². The Bertz CT molecular complexity index is 330. The largest absolute Gasteiger partial charge is 0.328 e. The number of carbonyl (C=O) groups is 1. The van der Waals surface area contributed by atoms with Crippen molar-refractivity contribution < 1.29 is 4.79 Å². The van der Waals surface area contributed by atoms with Crippen LogP contribution in [0.5, 0.6) is 0 Å². The molecule has 0 saturated heterocycles. The number of carbonyl (C=O) groups excluding carboxylic acids is 1. The molecule has 1 aromatic rings. The fourth-order valence-electron chi connectivity index (χ4n) is 0.831. The summed E-state index contributed by atoms with van der Waals surface area (Å²) in [5.74, 6) is 0. The molecule has 0 atom stereocenters. The molecule has 0 saturated carbocycles. The molecule has 0 aromatic carbocycles. The SMILES string of the molecule is CCN(C)C(=O)Nc1ccncc1Br. The molecule has 1 rings (SSSR count). The molecule has 0 bridgehead atoms. The number of hydrogen-bond acceptors (Lipinski definition) is 2. The molecule has 14 heavy (non-hydrogen) atoms. The highest BCUT2D eigenvalue weighted by atomic mass is 79.9. The lowest BCUT2D eigenvalue weighted by Crippen LogP contribution is -2.31. The Morgan fingerprint density at radius 2 is 2.43 bits per heavy atom. The number of amides is 2. The lowest BCUT2D eigenvalue weighted by atomic mass is 10.4. The molecule has 0 fully saturated rings. The summed E-state index contributed by atoms with van der Waals surface area (Å²) >= 11 is 3.30. The monoisotopic (exact) mass is 257 g/mol. The molecule has 0 radical (unpaired) electrons. The average Bonchev–Trinajstić information content (AvgIpc) is 2.20. The first kappa shape index (κ1) is 11.0. The van der Waals surface area contributed by atoms with Crippen LogP contribution in [0, 0.1) is 0 Å². The third kappa shape index (κ3) is 2.70. The quantitative estimate of drug-likeness (QED) is 0.884. The molecule has 0 aliphatic rings. The third-order valence-electron chi connectivity index (χ3n) is 1.84. The van der Waals surface area contributed by atoms with Gasteiger partial charge in [0.2, 0.25) is 0 Å². The van der Waals surface area contributed by atoms with Crippen LogP contribution in [0.1, 0.15) is 6.92 Å². The van der Waals surface area contributed by atoms with E-state index in [0.717, 1.165) is 10.2 Å². The maximum Gasteiger partial charge on any atom is 0.321 e. The maximum atomic E-state index is 11.5. The standard InChI is InChI=1S/C9H12BrN3O/c1-3-13(2)9(14)12-8-4-5-11-6-7(8)10/h4-6H,3H2,1-2H3,(H,11,12,14). The normalized spacial score (nSPS) is 9.64. The molecule has 4 nitrogen and oxygen atoms in total. The highest BCUT2D eigenvalue weighted by Gasteiger charge is 2.07. The lowest BCUT2D eigenvalue weighted by Gasteiger charge is -2.15. The van der Waals surface area contributed by atoms with Gasteiger partial charge in [-0.1, -0.05) is 0 Å². The second-order valence-corrected chi connectivity index (χ2v) is 3.65. The predicted molar refractivity (Wildman–Crippen MR) is 59.3 cm³/mol. The Morgan fingerprint density at radius 1 is 1.71 bits per heavy atom. The molecule has 1 N–H and O–H groups in total. The van der Waals surface area contributed by atoms with E-state index in [4.69, 9.17) is 0 Å². The Kier molecular flexibility index (Phi) is 3.88. The van der Waals surface area contributed by atoms with Gasteiger partial charge in [0.15, 0.2) is 0 Å². The fourth-order valence-corrected chi connectivity index (χ4v) is 1.18. The number of nitrogens with zero attached hydrogens (tertiary/aromatic N) is 2. The van der Waals surface area contributed by atoms with Gasteiger partial charge in [-0.05, 0) is 28.9 Å². The number of halogens is 1. The molecule has 1 aromatic heterocycles. The molecular weight excluding hydrogens is 246 g/mol. The van der Waals surface area contributed by atoms with Crippen LogP contribution in [0.3, 0.4) is 0 Å². The number of aromatic nitrogens is 1. The average molecular weight is 258 g/mol. The van der Waals surface area contributed by atoms with E-state index < -0.39 is 0 Å². The van der Waals surface area contributed by atoms with Gasteiger partial charge in [0.05, 0.1) is 10.2 Å². The Labute approximate surface area is 91.4 Å². The molecule has 1 heterocycles. The van der Waals surface area contributed by atoms with E-state index in [9.17, 15) is 4.79 Å². The van der Waals surface area contributed by atoms with Crippen LogP contribution in [-0.4, -0.2) is 29.5 Å². The fraction of sp³-hybridized carbons (Fsp3) is 0.333. The minimum Gasteiger partial charge on any atom is -0.328 e. The van der Waals surface area contributed by atoms with Crippen LogP contribution in [0.4, 0.5) is 10.5 Å². The molecular formula is C9H12BrN3O. The molecule has 0 aliphatic carbocycles. The highest BCUT2D eigenvalue weighted by Crippen LogP contribution is 2.19. The Hall–Kier alpha value is -1.10. The van der Waals surface area contributed by atoms with Crippen molar-refractivity contribution in [3.63, 3.8) is 0 Å². The van der Waals surface area contributed by atoms with Crippen LogP contribution >= 0.6 is 15.9 Å². The number of nitrogens with one attached hydrogen (secondary N) is 1. The summed E-state index contributed by atoms with van der Waals surface area (Å²) in [5, 5.41) is 2.76. The van der Waals surface area contributed by atoms with Gasteiger partial charge in [0.25, 0.3) is 0 Å². The summed E-state index contributed by atoms with van der Waals surface area (Å²) in [6.07, 6.45) is 3.27. The molecule has 0 aliphatic heterocycles. The van der Waals surface area contributed by atoms with Gasteiger partial charge in [0, 0.05) is 26.0 Å². The minimum atomic E-state index is -0.126. The van der Waals surface area contributed by atoms with Crippen LogP contribution in [0.2, 0.25) is 0 Å². The maximum absolute atomic E-state index is 11.5. The Morgan fingerprint density at radius 3 is 3.00 bits per heavy atom. The van der Waals surface area contributed by atoms with Crippen LogP contribution in [0.15, 0.2) is 22.9 Å². The third-order valence-corrected chi connectivity index (χ3v) is 2.47. The first-order valence-corrected chi connectivity index (χ1v) is 5.06. The highest BCUT2D eigenvalue weighted by molar-refractivity contribution is 9.10. The van der Waals surface area contributed by atoms with Gasteiger partial charge < -0.3 is 10.2 Å². The predicted octanol–water partition coefficient (Wildman–Crippen LogP) is 2.33. The summed E-state index contributed by atoms with van der Waals surface area (Å²) in [7, 11) is 1.74. The van der Waals surface area contributed by atoms with E-state index in [0.29, 0.717) is 6.54 Å². The van der Waals surface area contributed by atoms with Crippen molar-refractivity contribution in [3.8, 4) is 0 Å². The van der Waals surface area contributed by atoms with Gasteiger partial charge in [0.1, 0.15) is 0 Å². The van der Waals surface area contributed by atoms with Crippen molar-refractivity contribution in [1.29, 1.82) is 0 Å². The van der Waals surface area contributed by atoms with Crippen molar-refractivity contribution in [3.05, 3.63) is 22.9 Å². The van der Waals surface area contributed by atoms with Gasteiger partial charge >= 0.3 is 6.03 Å². The van der Waals surface area contributed by atoms with Crippen molar-refractivity contribution in [2.45, 2.75) is 6.92 Å². The summed E-state index contributed by atoms with van der Waals surface area (Å²) in [4.78, 5) is 17.0. The van der Waals surface area contributed by atoms with Gasteiger partial charge in [-0.15, -0.1) is 0 Å². The first-order valence-electron chi connectivity index (χ1n) is 4.26. The number of rotatable bonds is 2. The van der Waals surface area contributed by atoms with Crippen molar-refractivity contribution in [2.24, 2.45) is 0 Å². The van der Waals surface area contributed by atoms with Crippen LogP contribution in [0.25, 0.3) is 0 Å². The summed E-state index contributed by atoms with van der Waals surface area (Å²) in [5.41, 5.74) is 0.727. The second-order valence-electron chi connectivity index (χ2n) is 2.80. The van der Waals surface area contributed by atoms with Gasteiger partial charge in [-0.2, -0.15) is 0 Å². The first-order chi connectivity index (χ1) is 6.65. The van der Waals surface area contributed by atoms with E-state index >= 15 is 0 Å². The number of hydrogen-bond donors (Lipinski definition) is 1. The lowest BCUT2D eigenvalue weighted by molar-refractivity contribution is 0.224. The summed E-state index contributed by atoms with van der Waals surface area (Å²) < 4.78 is 0.776. The second kappa shape index (κ2) is 4.95. The molecule has 5 heteroatoms. The zero-order valence-electron chi connectivity index (χ0n) is 8.12. The van der Waals surface area contributed by atoms with Crippen LogP contribution < -0.4 is 5.32 Å². The van der Waals surface area contributed by atoms with Crippen molar-refractivity contribution >= 4 is 27.6 Å². The zero-order valence-corrected chi connectivity index (χ0v) is 9.71. The van der Waals surface area contributed by atoms with Crippen molar-refractivity contribution in [1.82, 2.24) is 9.88 Å². The number of anilines is 1. The van der Waals surface area contributed by atoms with Gasteiger partial charge in [-0.25, -0.2) is 4.79 Å². The van der Waals surface area contributed by atoms with E-state index in [1.54, 1.807) is 30.4 Å².